The van der Waals surface area contributed by atoms with Crippen molar-refractivity contribution in [2.24, 2.45) is 5.41 Å². The molecule has 1 heterocycles. The molecule has 2 rings (SSSR count). The SMILES string of the molecule is CCCNc1nc(NCC2(CCC)CC2)nc(N(C)C)n1. The van der Waals surface area contributed by atoms with Crippen LogP contribution in [0.3, 0.4) is 0 Å². The Hall–Kier alpha value is -1.59. The van der Waals surface area contributed by atoms with Crippen LogP contribution < -0.4 is 15.5 Å². The van der Waals surface area contributed by atoms with Gasteiger partial charge in [0.1, 0.15) is 0 Å². The van der Waals surface area contributed by atoms with Crippen LogP contribution in [0.15, 0.2) is 0 Å². The molecule has 0 radical (unpaired) electrons. The Morgan fingerprint density at radius 3 is 2.19 bits per heavy atom. The van der Waals surface area contributed by atoms with Crippen LogP contribution >= 0.6 is 0 Å². The molecule has 2 N–H and O–H groups in total. The molecule has 0 atom stereocenters. The third-order valence-corrected chi connectivity index (χ3v) is 3.92. The molecule has 0 unspecified atom stereocenters. The minimum Gasteiger partial charge on any atom is -0.354 e. The van der Waals surface area contributed by atoms with Crippen molar-refractivity contribution in [2.45, 2.75) is 46.0 Å². The van der Waals surface area contributed by atoms with Crippen molar-refractivity contribution >= 4 is 17.8 Å². The molecule has 0 bridgehead atoms. The summed E-state index contributed by atoms with van der Waals surface area (Å²) in [6.45, 7) is 6.21. The van der Waals surface area contributed by atoms with Gasteiger partial charge in [0.2, 0.25) is 17.8 Å². The predicted octanol–water partition coefficient (Wildman–Crippen LogP) is 2.75. The van der Waals surface area contributed by atoms with Crippen molar-refractivity contribution in [1.29, 1.82) is 0 Å². The molecule has 0 aliphatic heterocycles. The van der Waals surface area contributed by atoms with Gasteiger partial charge in [-0.1, -0.05) is 20.3 Å². The third-order valence-electron chi connectivity index (χ3n) is 3.92. The van der Waals surface area contributed by atoms with E-state index in [0.29, 0.717) is 23.3 Å². The molecule has 0 aromatic carbocycles. The molecule has 6 nitrogen and oxygen atoms in total. The Labute approximate surface area is 127 Å². The first-order valence-electron chi connectivity index (χ1n) is 8.00. The summed E-state index contributed by atoms with van der Waals surface area (Å²) < 4.78 is 0. The van der Waals surface area contributed by atoms with E-state index in [2.05, 4.69) is 39.4 Å². The van der Waals surface area contributed by atoms with Gasteiger partial charge in [-0.15, -0.1) is 0 Å². The number of nitrogens with zero attached hydrogens (tertiary/aromatic N) is 4. The zero-order chi connectivity index (χ0) is 15.3. The molecule has 1 aromatic heterocycles. The standard InChI is InChI=1S/C15H28N6/c1-5-7-15(8-9-15)11-17-13-18-12(16-10-6-2)19-14(20-13)21(3)4/h5-11H2,1-4H3,(H2,16,17,18,19,20). The molecule has 1 aromatic rings. The highest BCUT2D eigenvalue weighted by molar-refractivity contribution is 5.43. The summed E-state index contributed by atoms with van der Waals surface area (Å²) in [7, 11) is 3.89. The van der Waals surface area contributed by atoms with Gasteiger partial charge in [0, 0.05) is 27.2 Å². The van der Waals surface area contributed by atoms with Gasteiger partial charge >= 0.3 is 0 Å². The number of hydrogen-bond acceptors (Lipinski definition) is 6. The molecular formula is C15H28N6. The molecule has 118 valence electrons. The summed E-state index contributed by atoms with van der Waals surface area (Å²) >= 11 is 0. The van der Waals surface area contributed by atoms with E-state index < -0.39 is 0 Å². The topological polar surface area (TPSA) is 66.0 Å². The summed E-state index contributed by atoms with van der Waals surface area (Å²) in [5.41, 5.74) is 0.483. The number of aromatic nitrogens is 3. The Balaban J connectivity index is 2.04. The first-order valence-corrected chi connectivity index (χ1v) is 8.00. The molecule has 1 aliphatic rings. The van der Waals surface area contributed by atoms with Crippen LogP contribution in [-0.4, -0.2) is 42.1 Å². The van der Waals surface area contributed by atoms with Crippen molar-refractivity contribution in [3.63, 3.8) is 0 Å². The van der Waals surface area contributed by atoms with Crippen LogP contribution in [0.25, 0.3) is 0 Å². The van der Waals surface area contributed by atoms with Crippen LogP contribution in [0.4, 0.5) is 17.8 Å². The van der Waals surface area contributed by atoms with E-state index in [4.69, 9.17) is 0 Å². The number of anilines is 3. The van der Waals surface area contributed by atoms with Gasteiger partial charge in [0.25, 0.3) is 0 Å². The van der Waals surface area contributed by atoms with Gasteiger partial charge in [0.05, 0.1) is 0 Å². The normalized spacial score (nSPS) is 15.6. The predicted molar refractivity (Wildman–Crippen MR) is 88.0 cm³/mol. The molecule has 1 saturated carbocycles. The Bertz CT molecular complexity index is 455. The van der Waals surface area contributed by atoms with Crippen molar-refractivity contribution in [3.05, 3.63) is 0 Å². The molecule has 21 heavy (non-hydrogen) atoms. The molecule has 1 aliphatic carbocycles. The minimum absolute atomic E-state index is 0.483. The molecule has 0 saturated heterocycles. The van der Waals surface area contributed by atoms with Crippen molar-refractivity contribution < 1.29 is 0 Å². The van der Waals surface area contributed by atoms with E-state index >= 15 is 0 Å². The monoisotopic (exact) mass is 292 g/mol. The lowest BCUT2D eigenvalue weighted by Crippen LogP contribution is -2.20. The highest BCUT2D eigenvalue weighted by atomic mass is 15.3. The van der Waals surface area contributed by atoms with Gasteiger partial charge in [0.15, 0.2) is 0 Å². The van der Waals surface area contributed by atoms with Crippen LogP contribution in [0.1, 0.15) is 46.0 Å². The largest absolute Gasteiger partial charge is 0.354 e. The lowest BCUT2D eigenvalue weighted by Gasteiger charge is -2.17. The number of nitrogens with one attached hydrogen (secondary N) is 2. The van der Waals surface area contributed by atoms with Gasteiger partial charge in [-0.2, -0.15) is 15.0 Å². The molecule has 1 fully saturated rings. The molecule has 0 amide bonds. The highest BCUT2D eigenvalue weighted by Crippen LogP contribution is 2.49. The van der Waals surface area contributed by atoms with E-state index in [9.17, 15) is 0 Å². The van der Waals surface area contributed by atoms with Gasteiger partial charge in [-0.05, 0) is 31.1 Å². The summed E-state index contributed by atoms with van der Waals surface area (Å²) in [4.78, 5) is 15.3. The second kappa shape index (κ2) is 6.91. The van der Waals surface area contributed by atoms with Crippen molar-refractivity contribution in [1.82, 2.24) is 15.0 Å². The second-order valence-corrected chi connectivity index (χ2v) is 6.21. The van der Waals surface area contributed by atoms with E-state index in [-0.39, 0.29) is 0 Å². The third kappa shape index (κ3) is 4.44. The fourth-order valence-electron chi connectivity index (χ4n) is 2.45. The Morgan fingerprint density at radius 2 is 1.67 bits per heavy atom. The van der Waals surface area contributed by atoms with Crippen molar-refractivity contribution in [3.8, 4) is 0 Å². The zero-order valence-electron chi connectivity index (χ0n) is 13.7. The van der Waals surface area contributed by atoms with Gasteiger partial charge < -0.3 is 15.5 Å². The lowest BCUT2D eigenvalue weighted by atomic mass is 10.0. The average Bonchev–Trinajstić information content (AvgIpc) is 3.23. The Kier molecular flexibility index (Phi) is 5.20. The van der Waals surface area contributed by atoms with Crippen LogP contribution in [-0.2, 0) is 0 Å². The fourth-order valence-corrected chi connectivity index (χ4v) is 2.45. The fraction of sp³-hybridized carbons (Fsp3) is 0.800. The quantitative estimate of drug-likeness (QED) is 0.729. The molecular weight excluding hydrogens is 264 g/mol. The van der Waals surface area contributed by atoms with Crippen LogP contribution in [0.5, 0.6) is 0 Å². The maximum absolute atomic E-state index is 4.48. The van der Waals surface area contributed by atoms with E-state index in [1.54, 1.807) is 0 Å². The zero-order valence-corrected chi connectivity index (χ0v) is 13.7. The highest BCUT2D eigenvalue weighted by Gasteiger charge is 2.41. The lowest BCUT2D eigenvalue weighted by molar-refractivity contribution is 0.484. The van der Waals surface area contributed by atoms with E-state index in [0.717, 1.165) is 19.5 Å². The van der Waals surface area contributed by atoms with Crippen LogP contribution in [0, 0.1) is 5.41 Å². The Morgan fingerprint density at radius 1 is 1.00 bits per heavy atom. The average molecular weight is 292 g/mol. The van der Waals surface area contributed by atoms with E-state index in [1.807, 2.05) is 19.0 Å². The number of rotatable bonds is 9. The van der Waals surface area contributed by atoms with E-state index in [1.165, 1.54) is 25.7 Å². The van der Waals surface area contributed by atoms with Crippen molar-refractivity contribution in [2.75, 3.05) is 42.7 Å². The number of hydrogen-bond donors (Lipinski definition) is 2. The first-order chi connectivity index (χ1) is 10.1. The molecule has 0 spiro atoms. The molecule has 6 heteroatoms. The minimum atomic E-state index is 0.483. The second-order valence-electron chi connectivity index (χ2n) is 6.21. The van der Waals surface area contributed by atoms with Gasteiger partial charge in [-0.3, -0.25) is 0 Å². The smallest absolute Gasteiger partial charge is 0.231 e. The summed E-state index contributed by atoms with van der Waals surface area (Å²) in [6, 6.07) is 0. The summed E-state index contributed by atoms with van der Waals surface area (Å²) in [5.74, 6) is 2.01. The summed E-state index contributed by atoms with van der Waals surface area (Å²) in [6.07, 6.45) is 6.21. The first kappa shape index (κ1) is 15.8. The maximum atomic E-state index is 4.48. The van der Waals surface area contributed by atoms with Gasteiger partial charge in [-0.25, -0.2) is 0 Å². The summed E-state index contributed by atoms with van der Waals surface area (Å²) in [5, 5.41) is 6.65. The van der Waals surface area contributed by atoms with Crippen LogP contribution in [0.2, 0.25) is 0 Å². The maximum Gasteiger partial charge on any atom is 0.231 e.